The van der Waals surface area contributed by atoms with Crippen LogP contribution in [0.5, 0.6) is 0 Å². The van der Waals surface area contributed by atoms with Crippen molar-refractivity contribution in [1.82, 2.24) is 0 Å². The van der Waals surface area contributed by atoms with Gasteiger partial charge >= 0.3 is 0 Å². The average molecular weight is 60.9 g/mol. The van der Waals surface area contributed by atoms with Crippen LogP contribution in [-0.4, -0.2) is 7.28 Å². The summed E-state index contributed by atoms with van der Waals surface area (Å²) < 4.78 is 0. The molecule has 2 heteroatoms. The Morgan fingerprint density at radius 3 is 1.25 bits per heavy atom. The zero-order valence-corrected chi connectivity index (χ0v) is 2.99. The van der Waals surface area contributed by atoms with Crippen LogP contribution in [0.4, 0.5) is 4.70 Å². The zero-order chi connectivity index (χ0) is 2.71. The molecule has 0 heterocycles. The molecular formula is C2H7BF. The van der Waals surface area contributed by atoms with Gasteiger partial charge in [0.25, 0.3) is 0 Å². The molecule has 0 aromatic rings. The summed E-state index contributed by atoms with van der Waals surface area (Å²) in [4.78, 5) is 0. The summed E-state index contributed by atoms with van der Waals surface area (Å²) in [7, 11) is 2.00. The Morgan fingerprint density at radius 2 is 1.25 bits per heavy atom. The van der Waals surface area contributed by atoms with E-state index in [4.69, 9.17) is 0 Å². The van der Waals surface area contributed by atoms with Crippen LogP contribution in [0.1, 0.15) is 0 Å². The molecule has 0 aliphatic heterocycles. The lowest BCUT2D eigenvalue weighted by atomic mass is 9.88. The lowest BCUT2D eigenvalue weighted by Gasteiger charge is -1.41. The van der Waals surface area contributed by atoms with Crippen molar-refractivity contribution in [2.45, 2.75) is 13.6 Å². The van der Waals surface area contributed by atoms with Crippen molar-refractivity contribution in [2.24, 2.45) is 0 Å². The van der Waals surface area contributed by atoms with Gasteiger partial charge in [-0.15, -0.1) is 0 Å². The second-order valence-electron chi connectivity index (χ2n) is 0.577. The van der Waals surface area contributed by atoms with Crippen LogP contribution in [0.15, 0.2) is 0 Å². The predicted octanol–water partition coefficient (Wildman–Crippen LogP) is 0.939. The molecule has 0 amide bonds. The zero-order valence-electron chi connectivity index (χ0n) is 2.99. The number of halogens is 1. The third kappa shape index (κ3) is 77000. The largest absolute Gasteiger partial charge is 0.269 e. The van der Waals surface area contributed by atoms with E-state index < -0.39 is 0 Å². The van der Waals surface area contributed by atoms with Crippen LogP contribution in [0.2, 0.25) is 13.6 Å². The number of hydrogen-bond donors (Lipinski definition) is 0. The van der Waals surface area contributed by atoms with E-state index in [2.05, 4.69) is 0 Å². The van der Waals surface area contributed by atoms with Gasteiger partial charge in [-0.05, 0) is 0 Å². The molecule has 25 valence electrons. The van der Waals surface area contributed by atoms with Crippen molar-refractivity contribution in [3.63, 3.8) is 0 Å². The van der Waals surface area contributed by atoms with E-state index >= 15 is 0 Å². The maximum Gasteiger partial charge on any atom is 0.102 e. The van der Waals surface area contributed by atoms with Crippen LogP contribution in [0.25, 0.3) is 0 Å². The molecule has 0 aromatic carbocycles. The van der Waals surface area contributed by atoms with E-state index in [1.54, 1.807) is 0 Å². The third-order valence-corrected chi connectivity index (χ3v) is 0. The second kappa shape index (κ2) is 12.0. The van der Waals surface area contributed by atoms with E-state index in [-0.39, 0.29) is 4.70 Å². The first-order chi connectivity index (χ1) is 1.41. The van der Waals surface area contributed by atoms with Gasteiger partial charge in [0.05, 0.1) is 0 Å². The summed E-state index contributed by atoms with van der Waals surface area (Å²) in [5.74, 6) is 0. The molecule has 0 aromatic heterocycles. The first kappa shape index (κ1) is 9.00. The Kier molecular flexibility index (Phi) is 27.1. The Hall–Kier alpha value is -0.00506. The lowest BCUT2D eigenvalue weighted by molar-refractivity contribution is 1.11. The van der Waals surface area contributed by atoms with Crippen LogP contribution in [0, 0.1) is 0 Å². The summed E-state index contributed by atoms with van der Waals surface area (Å²) >= 11 is 0. The fourth-order valence-electron chi connectivity index (χ4n) is 0. The Bertz CT molecular complexity index is 6.00. The second-order valence-corrected chi connectivity index (χ2v) is 0.577. The fraction of sp³-hybridized carbons (Fsp3) is 1.00. The first-order valence-electron chi connectivity index (χ1n) is 1.15. The number of hydrogen-bond acceptors (Lipinski definition) is 0. The molecular weight excluding hydrogens is 53.8 g/mol. The van der Waals surface area contributed by atoms with Crippen molar-refractivity contribution < 1.29 is 4.70 Å². The highest BCUT2D eigenvalue weighted by Gasteiger charge is 1.42. The van der Waals surface area contributed by atoms with Crippen LogP contribution in [0.3, 0.4) is 0 Å². The molecule has 0 spiro atoms. The molecule has 0 saturated heterocycles. The molecule has 0 atom stereocenters. The first-order valence-corrected chi connectivity index (χ1v) is 1.15. The highest BCUT2D eigenvalue weighted by molar-refractivity contribution is 6.31. The van der Waals surface area contributed by atoms with E-state index in [1.165, 1.54) is 0 Å². The van der Waals surface area contributed by atoms with Crippen molar-refractivity contribution in [1.29, 1.82) is 0 Å². The smallest absolute Gasteiger partial charge is 0.102 e. The van der Waals surface area contributed by atoms with Gasteiger partial charge in [0.15, 0.2) is 0 Å². The summed E-state index contributed by atoms with van der Waals surface area (Å²) in [5, 5.41) is 0. The molecule has 4 heavy (non-hydrogen) atoms. The Labute approximate surface area is 26.8 Å². The minimum atomic E-state index is 0. The van der Waals surface area contributed by atoms with Gasteiger partial charge in [0.2, 0.25) is 0 Å². The fourth-order valence-corrected chi connectivity index (χ4v) is 0. The predicted molar refractivity (Wildman–Crippen MR) is 20.0 cm³/mol. The molecule has 0 nitrogen and oxygen atoms in total. The molecule has 0 aliphatic carbocycles. The van der Waals surface area contributed by atoms with Gasteiger partial charge in [-0.25, -0.2) is 0 Å². The minimum Gasteiger partial charge on any atom is -0.269 e. The molecule has 0 rings (SSSR count). The molecule has 0 saturated carbocycles. The highest BCUT2D eigenvalue weighted by atomic mass is 19.0. The molecule has 0 unspecified atom stereocenters. The standard InChI is InChI=1S/C2H6B.FH/c1-3-2;/h1-2H3;1H. The van der Waals surface area contributed by atoms with E-state index in [0.717, 1.165) is 0 Å². The highest BCUT2D eigenvalue weighted by Crippen LogP contribution is 1.36. The molecule has 1 radical (unpaired) electrons. The quantitative estimate of drug-likeness (QED) is 0.365. The summed E-state index contributed by atoms with van der Waals surface area (Å²) in [6.45, 7) is 4.00. The summed E-state index contributed by atoms with van der Waals surface area (Å²) in [6.07, 6.45) is 0. The SMILES string of the molecule is C[B]C.F. The lowest BCUT2D eigenvalue weighted by Crippen LogP contribution is -1.53. The Morgan fingerprint density at radius 1 is 1.25 bits per heavy atom. The Balaban J connectivity index is 0. The van der Waals surface area contributed by atoms with Gasteiger partial charge in [-0.1, -0.05) is 13.6 Å². The summed E-state index contributed by atoms with van der Waals surface area (Å²) in [5.41, 5.74) is 0. The molecule has 0 fully saturated rings. The van der Waals surface area contributed by atoms with Crippen LogP contribution < -0.4 is 0 Å². The van der Waals surface area contributed by atoms with Gasteiger partial charge in [0, 0.05) is 0 Å². The monoisotopic (exact) mass is 61.1 g/mol. The van der Waals surface area contributed by atoms with Crippen molar-refractivity contribution in [2.75, 3.05) is 0 Å². The van der Waals surface area contributed by atoms with Gasteiger partial charge in [-0.2, -0.15) is 0 Å². The van der Waals surface area contributed by atoms with Gasteiger partial charge < -0.3 is 0 Å². The molecule has 0 aliphatic rings. The van der Waals surface area contributed by atoms with Gasteiger partial charge in [-0.3, -0.25) is 4.70 Å². The van der Waals surface area contributed by atoms with Crippen molar-refractivity contribution in [3.8, 4) is 0 Å². The van der Waals surface area contributed by atoms with E-state index in [9.17, 15) is 0 Å². The van der Waals surface area contributed by atoms with Crippen molar-refractivity contribution in [3.05, 3.63) is 0 Å². The maximum atomic E-state index is 2.00. The van der Waals surface area contributed by atoms with Crippen LogP contribution in [-0.2, 0) is 0 Å². The maximum absolute atomic E-state index is 2.00. The van der Waals surface area contributed by atoms with E-state index in [1.807, 2.05) is 20.9 Å². The molecule has 0 N–H and O–H groups in total. The third-order valence-electron chi connectivity index (χ3n) is 0. The number of rotatable bonds is 0. The van der Waals surface area contributed by atoms with Crippen molar-refractivity contribution >= 4 is 7.28 Å². The molecule has 0 bridgehead atoms. The average Bonchev–Trinajstić information content (AvgIpc) is 0.918. The minimum absolute atomic E-state index is 0. The van der Waals surface area contributed by atoms with Gasteiger partial charge in [0.1, 0.15) is 7.28 Å². The topological polar surface area (TPSA) is 0 Å². The normalized spacial score (nSPS) is 3.50. The van der Waals surface area contributed by atoms with E-state index in [0.29, 0.717) is 0 Å². The summed E-state index contributed by atoms with van der Waals surface area (Å²) in [6, 6.07) is 0. The van der Waals surface area contributed by atoms with Crippen LogP contribution >= 0.6 is 0 Å².